The fraction of sp³-hybridized carbons (Fsp3) is 0.450. The molecule has 1 aromatic carbocycles. The fourth-order valence-electron chi connectivity index (χ4n) is 4.40. The quantitative estimate of drug-likeness (QED) is 0.677. The van der Waals surface area contributed by atoms with Crippen molar-refractivity contribution >= 4 is 35.7 Å². The molecule has 1 unspecified atom stereocenters. The number of alkyl halides is 1. The third-order valence-electron chi connectivity index (χ3n) is 5.77. The normalized spacial score (nSPS) is 27.9. The SMILES string of the molecule is C=C[C@H]1CN2CC[C@H]1C[C@H]2[C@H](F)c1ccnc2ccc(OC)cc12.Cl.Cl. The minimum atomic E-state index is -1.00. The molecule has 0 aliphatic carbocycles. The Morgan fingerprint density at radius 1 is 1.35 bits per heavy atom. The number of ether oxygens (including phenoxy) is 1. The zero-order valence-corrected chi connectivity index (χ0v) is 16.4. The van der Waals surface area contributed by atoms with Crippen LogP contribution in [-0.2, 0) is 0 Å². The Hall–Kier alpha value is -1.36. The number of nitrogens with zero attached hydrogens (tertiary/aromatic N) is 2. The van der Waals surface area contributed by atoms with Crippen LogP contribution in [0, 0.1) is 11.8 Å². The van der Waals surface area contributed by atoms with E-state index >= 15 is 4.39 Å². The Balaban J connectivity index is 0.00000121. The summed E-state index contributed by atoms with van der Waals surface area (Å²) in [5.74, 6) is 1.82. The highest BCUT2D eigenvalue weighted by Crippen LogP contribution is 2.43. The van der Waals surface area contributed by atoms with E-state index < -0.39 is 6.17 Å². The van der Waals surface area contributed by atoms with Crippen LogP contribution in [-0.4, -0.2) is 36.1 Å². The van der Waals surface area contributed by atoms with Crippen LogP contribution in [0.15, 0.2) is 43.1 Å². The molecule has 0 spiro atoms. The third-order valence-corrected chi connectivity index (χ3v) is 5.77. The summed E-state index contributed by atoms with van der Waals surface area (Å²) in [6, 6.07) is 7.43. The minimum Gasteiger partial charge on any atom is -0.497 e. The summed E-state index contributed by atoms with van der Waals surface area (Å²) in [5.41, 5.74) is 1.54. The van der Waals surface area contributed by atoms with Crippen molar-refractivity contribution in [2.24, 2.45) is 11.8 Å². The van der Waals surface area contributed by atoms with Gasteiger partial charge in [0.1, 0.15) is 11.9 Å². The van der Waals surface area contributed by atoms with Crippen LogP contribution in [0.4, 0.5) is 4.39 Å². The number of aromatic nitrogens is 1. The molecule has 0 saturated carbocycles. The van der Waals surface area contributed by atoms with Gasteiger partial charge in [-0.25, -0.2) is 4.39 Å². The lowest BCUT2D eigenvalue weighted by Crippen LogP contribution is -2.54. The van der Waals surface area contributed by atoms with Gasteiger partial charge in [-0.15, -0.1) is 31.4 Å². The van der Waals surface area contributed by atoms with E-state index in [9.17, 15) is 0 Å². The maximum atomic E-state index is 15.5. The van der Waals surface area contributed by atoms with Gasteiger partial charge in [0, 0.05) is 24.2 Å². The summed E-state index contributed by atoms with van der Waals surface area (Å²) in [5, 5.41) is 0.854. The van der Waals surface area contributed by atoms with Crippen molar-refractivity contribution in [1.82, 2.24) is 9.88 Å². The molecule has 3 aliphatic heterocycles. The van der Waals surface area contributed by atoms with Crippen molar-refractivity contribution in [3.05, 3.63) is 48.7 Å². The average molecular weight is 399 g/mol. The molecule has 26 heavy (non-hydrogen) atoms. The first-order valence-corrected chi connectivity index (χ1v) is 8.64. The van der Waals surface area contributed by atoms with Gasteiger partial charge in [-0.2, -0.15) is 0 Å². The van der Waals surface area contributed by atoms with E-state index in [1.165, 1.54) is 0 Å². The number of pyridine rings is 1. The van der Waals surface area contributed by atoms with Crippen LogP contribution in [0.5, 0.6) is 5.75 Å². The summed E-state index contributed by atoms with van der Waals surface area (Å²) >= 11 is 0. The number of halogens is 3. The average Bonchev–Trinajstić information content (AvgIpc) is 2.66. The summed E-state index contributed by atoms with van der Waals surface area (Å²) in [4.78, 5) is 6.68. The van der Waals surface area contributed by atoms with Gasteiger partial charge in [0.05, 0.1) is 12.6 Å². The van der Waals surface area contributed by atoms with E-state index in [-0.39, 0.29) is 30.9 Å². The third kappa shape index (κ3) is 3.55. The molecular formula is C20H25Cl2FN2O. The van der Waals surface area contributed by atoms with Crippen molar-refractivity contribution in [2.75, 3.05) is 20.2 Å². The molecule has 3 nitrogen and oxygen atoms in total. The molecule has 3 saturated heterocycles. The molecule has 4 heterocycles. The molecule has 6 heteroatoms. The van der Waals surface area contributed by atoms with Gasteiger partial charge in [-0.05, 0) is 61.1 Å². The second-order valence-corrected chi connectivity index (χ2v) is 6.93. The number of rotatable bonds is 4. The van der Waals surface area contributed by atoms with E-state index in [0.717, 1.165) is 48.1 Å². The maximum absolute atomic E-state index is 15.5. The summed E-state index contributed by atoms with van der Waals surface area (Å²) < 4.78 is 20.8. The smallest absolute Gasteiger partial charge is 0.141 e. The predicted octanol–water partition coefficient (Wildman–Crippen LogP) is 4.99. The number of methoxy groups -OCH3 is 1. The van der Waals surface area contributed by atoms with Crippen LogP contribution in [0.25, 0.3) is 10.9 Å². The molecule has 0 N–H and O–H groups in total. The Bertz CT molecular complexity index is 773. The van der Waals surface area contributed by atoms with Gasteiger partial charge in [0.15, 0.2) is 0 Å². The Morgan fingerprint density at radius 2 is 2.15 bits per heavy atom. The second-order valence-electron chi connectivity index (χ2n) is 6.93. The van der Waals surface area contributed by atoms with Crippen LogP contribution < -0.4 is 4.74 Å². The zero-order chi connectivity index (χ0) is 16.7. The van der Waals surface area contributed by atoms with Crippen LogP contribution in [0.1, 0.15) is 24.6 Å². The van der Waals surface area contributed by atoms with Crippen LogP contribution >= 0.6 is 24.8 Å². The number of hydrogen-bond acceptors (Lipinski definition) is 3. The van der Waals surface area contributed by atoms with E-state index in [4.69, 9.17) is 4.74 Å². The summed E-state index contributed by atoms with van der Waals surface area (Å²) in [6.07, 6.45) is 4.82. The molecule has 2 bridgehead atoms. The molecule has 142 valence electrons. The summed E-state index contributed by atoms with van der Waals surface area (Å²) in [6.45, 7) is 5.88. The lowest BCUT2D eigenvalue weighted by atomic mass is 9.74. The molecule has 1 aromatic heterocycles. The molecule has 5 atom stereocenters. The number of piperidine rings is 3. The molecule has 3 fully saturated rings. The summed E-state index contributed by atoms with van der Waals surface area (Å²) in [7, 11) is 1.63. The first-order chi connectivity index (χ1) is 11.7. The Labute approximate surface area is 166 Å². The molecular weight excluding hydrogens is 374 g/mol. The largest absolute Gasteiger partial charge is 0.497 e. The fourth-order valence-corrected chi connectivity index (χ4v) is 4.40. The zero-order valence-electron chi connectivity index (χ0n) is 14.8. The van der Waals surface area contributed by atoms with Crippen molar-refractivity contribution < 1.29 is 9.13 Å². The van der Waals surface area contributed by atoms with Crippen LogP contribution in [0.2, 0.25) is 0 Å². The lowest BCUT2D eigenvalue weighted by molar-refractivity contribution is -0.0183. The van der Waals surface area contributed by atoms with Gasteiger partial charge >= 0.3 is 0 Å². The Morgan fingerprint density at radius 3 is 2.81 bits per heavy atom. The van der Waals surface area contributed by atoms with E-state index in [1.807, 2.05) is 30.3 Å². The van der Waals surface area contributed by atoms with Gasteiger partial charge in [-0.3, -0.25) is 9.88 Å². The number of fused-ring (bicyclic) bond motifs is 4. The molecule has 2 aromatic rings. The van der Waals surface area contributed by atoms with E-state index in [1.54, 1.807) is 13.3 Å². The highest BCUT2D eigenvalue weighted by atomic mass is 35.5. The number of hydrogen-bond donors (Lipinski definition) is 0. The first kappa shape index (κ1) is 20.9. The molecule has 3 aliphatic rings. The topological polar surface area (TPSA) is 25.4 Å². The van der Waals surface area contributed by atoms with Gasteiger partial charge < -0.3 is 4.74 Å². The monoisotopic (exact) mass is 398 g/mol. The van der Waals surface area contributed by atoms with E-state index in [0.29, 0.717) is 11.8 Å². The maximum Gasteiger partial charge on any atom is 0.141 e. The lowest BCUT2D eigenvalue weighted by Gasteiger charge is -2.50. The van der Waals surface area contributed by atoms with Crippen molar-refractivity contribution in [3.8, 4) is 5.75 Å². The highest BCUT2D eigenvalue weighted by molar-refractivity contribution is 5.85. The second kappa shape index (κ2) is 8.55. The molecule has 5 rings (SSSR count). The number of benzene rings is 1. The van der Waals surface area contributed by atoms with E-state index in [2.05, 4.69) is 16.5 Å². The van der Waals surface area contributed by atoms with Crippen molar-refractivity contribution in [3.63, 3.8) is 0 Å². The van der Waals surface area contributed by atoms with Gasteiger partial charge in [0.25, 0.3) is 0 Å². The standard InChI is InChI=1S/C20H23FN2O.2ClH/c1-3-13-12-23-9-7-14(13)10-19(23)20(21)16-6-8-22-18-5-4-15(24-2)11-17(16)18;;/h3-6,8,11,13-14,19-20H,1,7,9-10,12H2,2H3;2*1H/t13-,14-,19-,20+;;/m0../s1. The van der Waals surface area contributed by atoms with Gasteiger partial charge in [0.2, 0.25) is 0 Å². The first-order valence-electron chi connectivity index (χ1n) is 8.64. The van der Waals surface area contributed by atoms with Crippen LogP contribution in [0.3, 0.4) is 0 Å². The van der Waals surface area contributed by atoms with Crippen molar-refractivity contribution in [2.45, 2.75) is 25.1 Å². The predicted molar refractivity (Wildman–Crippen MR) is 108 cm³/mol. The molecule has 0 amide bonds. The van der Waals surface area contributed by atoms with Gasteiger partial charge in [-0.1, -0.05) is 6.08 Å². The minimum absolute atomic E-state index is 0. The Kier molecular flexibility index (Phi) is 6.89. The highest BCUT2D eigenvalue weighted by Gasteiger charge is 2.43. The van der Waals surface area contributed by atoms with Crippen molar-refractivity contribution in [1.29, 1.82) is 0 Å². The molecule has 0 radical (unpaired) electrons.